The van der Waals surface area contributed by atoms with Crippen molar-refractivity contribution in [2.75, 3.05) is 6.61 Å². The van der Waals surface area contributed by atoms with Gasteiger partial charge in [0.1, 0.15) is 11.0 Å². The number of ether oxygens (including phenoxy) is 1. The molecule has 2 aromatic carbocycles. The minimum atomic E-state index is -0.539. The van der Waals surface area contributed by atoms with Gasteiger partial charge in [0.05, 0.1) is 6.61 Å². The minimum absolute atomic E-state index is 0.0273. The second kappa shape index (κ2) is 3.87. The van der Waals surface area contributed by atoms with Crippen molar-refractivity contribution >= 4 is 11.6 Å². The summed E-state index contributed by atoms with van der Waals surface area (Å²) >= 11 is 7.14. The smallest absolute Gasteiger partial charge is 0.123 e. The van der Waals surface area contributed by atoms with Crippen LogP contribution in [-0.4, -0.2) is 12.7 Å². The molecule has 1 aliphatic heterocycles. The highest BCUT2D eigenvalue weighted by molar-refractivity contribution is 6.27. The van der Waals surface area contributed by atoms with Gasteiger partial charge in [0.2, 0.25) is 0 Å². The van der Waals surface area contributed by atoms with Crippen LogP contribution in [0.1, 0.15) is 36.1 Å². The number of fused-ring (bicyclic) bond motifs is 2. The van der Waals surface area contributed by atoms with Gasteiger partial charge in [-0.3, -0.25) is 0 Å². The molecule has 1 aliphatic carbocycles. The second-order valence-corrected chi connectivity index (χ2v) is 6.85. The highest BCUT2D eigenvalue weighted by Gasteiger charge is 2.54. The van der Waals surface area contributed by atoms with Gasteiger partial charge in [-0.2, -0.15) is 0 Å². The molecule has 1 unspecified atom stereocenters. The molecule has 0 amide bonds. The zero-order chi connectivity index (χ0) is 14.0. The molecule has 1 heterocycles. The van der Waals surface area contributed by atoms with Gasteiger partial charge in [-0.1, -0.05) is 62.4 Å². The van der Waals surface area contributed by atoms with E-state index in [0.717, 1.165) is 6.61 Å². The molecule has 1 saturated heterocycles. The molecule has 0 spiro atoms. The standard InChI is InChI=1S/C18H17ClO/c1-17(2)12-7-3-5-9-14(12)18(19,16-11-20-16)15-10-6-4-8-13(15)17/h3-10,16H,11H2,1-2H3. The number of rotatable bonds is 1. The summed E-state index contributed by atoms with van der Waals surface area (Å²) in [5.74, 6) is 0. The lowest BCUT2D eigenvalue weighted by Crippen LogP contribution is -2.40. The molecule has 2 aromatic rings. The van der Waals surface area contributed by atoms with Crippen LogP contribution in [0.25, 0.3) is 0 Å². The molecule has 0 saturated carbocycles. The van der Waals surface area contributed by atoms with E-state index in [2.05, 4.69) is 62.4 Å². The molecule has 0 bridgehead atoms. The van der Waals surface area contributed by atoms with Gasteiger partial charge in [0, 0.05) is 5.41 Å². The van der Waals surface area contributed by atoms with Crippen molar-refractivity contribution in [3.05, 3.63) is 70.8 Å². The van der Waals surface area contributed by atoms with E-state index in [4.69, 9.17) is 16.3 Å². The summed E-state index contributed by atoms with van der Waals surface area (Å²) in [7, 11) is 0. The van der Waals surface area contributed by atoms with Gasteiger partial charge in [0.15, 0.2) is 0 Å². The van der Waals surface area contributed by atoms with Gasteiger partial charge >= 0.3 is 0 Å². The third-order valence-corrected chi connectivity index (χ3v) is 5.41. The molecule has 4 rings (SSSR count). The fourth-order valence-corrected chi connectivity index (χ4v) is 4.06. The van der Waals surface area contributed by atoms with Crippen molar-refractivity contribution in [2.45, 2.75) is 30.2 Å². The van der Waals surface area contributed by atoms with Crippen LogP contribution in [0.5, 0.6) is 0 Å². The first-order valence-corrected chi connectivity index (χ1v) is 7.44. The maximum atomic E-state index is 7.14. The Morgan fingerprint density at radius 3 is 1.70 bits per heavy atom. The Morgan fingerprint density at radius 1 is 0.900 bits per heavy atom. The SMILES string of the molecule is CC1(C)c2ccccc2C(Cl)(C2CO2)c2ccccc21. The van der Waals surface area contributed by atoms with E-state index in [-0.39, 0.29) is 11.5 Å². The second-order valence-electron chi connectivity index (χ2n) is 6.25. The van der Waals surface area contributed by atoms with Gasteiger partial charge in [-0.05, 0) is 22.3 Å². The van der Waals surface area contributed by atoms with Gasteiger partial charge in [0.25, 0.3) is 0 Å². The van der Waals surface area contributed by atoms with Crippen LogP contribution in [0.2, 0.25) is 0 Å². The molecule has 0 aromatic heterocycles. The molecule has 2 aliphatic rings. The van der Waals surface area contributed by atoms with Crippen molar-refractivity contribution in [1.82, 2.24) is 0 Å². The van der Waals surface area contributed by atoms with E-state index >= 15 is 0 Å². The van der Waals surface area contributed by atoms with Crippen molar-refractivity contribution in [3.8, 4) is 0 Å². The van der Waals surface area contributed by atoms with E-state index in [1.807, 2.05) is 0 Å². The van der Waals surface area contributed by atoms with Crippen LogP contribution in [0.4, 0.5) is 0 Å². The highest BCUT2D eigenvalue weighted by atomic mass is 35.5. The van der Waals surface area contributed by atoms with E-state index in [9.17, 15) is 0 Å². The summed E-state index contributed by atoms with van der Waals surface area (Å²) in [5, 5.41) is 0. The van der Waals surface area contributed by atoms with Crippen molar-refractivity contribution in [3.63, 3.8) is 0 Å². The van der Waals surface area contributed by atoms with Crippen LogP contribution in [0, 0.1) is 0 Å². The molecule has 1 fully saturated rings. The summed E-state index contributed by atoms with van der Waals surface area (Å²) in [6.45, 7) is 5.29. The van der Waals surface area contributed by atoms with Crippen LogP contribution in [0.3, 0.4) is 0 Å². The maximum Gasteiger partial charge on any atom is 0.123 e. The minimum Gasteiger partial charge on any atom is -0.370 e. The van der Waals surface area contributed by atoms with E-state index < -0.39 is 4.87 Å². The molecule has 2 heteroatoms. The van der Waals surface area contributed by atoms with E-state index in [1.54, 1.807) is 0 Å². The Labute approximate surface area is 124 Å². The lowest BCUT2D eigenvalue weighted by Gasteiger charge is -2.43. The Morgan fingerprint density at radius 2 is 1.30 bits per heavy atom. The van der Waals surface area contributed by atoms with Gasteiger partial charge < -0.3 is 4.74 Å². The molecular weight excluding hydrogens is 268 g/mol. The van der Waals surface area contributed by atoms with Crippen LogP contribution >= 0.6 is 11.6 Å². The zero-order valence-electron chi connectivity index (χ0n) is 11.7. The Hall–Kier alpha value is -1.31. The first kappa shape index (κ1) is 12.4. The molecule has 102 valence electrons. The molecule has 1 atom stereocenters. The fourth-order valence-electron chi connectivity index (χ4n) is 3.61. The van der Waals surface area contributed by atoms with Crippen LogP contribution in [-0.2, 0) is 15.0 Å². The van der Waals surface area contributed by atoms with Crippen LogP contribution < -0.4 is 0 Å². The first-order chi connectivity index (χ1) is 9.56. The summed E-state index contributed by atoms with van der Waals surface area (Å²) in [5.41, 5.74) is 5.00. The number of hydrogen-bond donors (Lipinski definition) is 0. The molecule has 20 heavy (non-hydrogen) atoms. The van der Waals surface area contributed by atoms with Crippen molar-refractivity contribution in [2.24, 2.45) is 0 Å². The highest BCUT2D eigenvalue weighted by Crippen LogP contribution is 2.55. The summed E-state index contributed by atoms with van der Waals surface area (Å²) in [6.07, 6.45) is 0.0857. The fraction of sp³-hybridized carbons (Fsp3) is 0.333. The lowest BCUT2D eigenvalue weighted by atomic mass is 9.64. The van der Waals surface area contributed by atoms with Gasteiger partial charge in [-0.25, -0.2) is 0 Å². The van der Waals surface area contributed by atoms with E-state index in [1.165, 1.54) is 22.3 Å². The molecule has 1 nitrogen and oxygen atoms in total. The van der Waals surface area contributed by atoms with Crippen molar-refractivity contribution < 1.29 is 4.74 Å². The predicted molar refractivity (Wildman–Crippen MR) is 81.4 cm³/mol. The number of halogens is 1. The zero-order valence-corrected chi connectivity index (χ0v) is 12.4. The Kier molecular flexibility index (Phi) is 2.40. The summed E-state index contributed by atoms with van der Waals surface area (Å²) < 4.78 is 5.60. The van der Waals surface area contributed by atoms with Crippen LogP contribution in [0.15, 0.2) is 48.5 Å². The molecule has 0 N–H and O–H groups in total. The largest absolute Gasteiger partial charge is 0.370 e. The Balaban J connectivity index is 2.09. The third-order valence-electron chi connectivity index (χ3n) is 4.76. The molecule has 0 radical (unpaired) electrons. The number of epoxide rings is 1. The number of alkyl halides is 1. The average Bonchev–Trinajstić information content (AvgIpc) is 3.30. The number of benzene rings is 2. The average molecular weight is 285 g/mol. The topological polar surface area (TPSA) is 12.5 Å². The Bertz CT molecular complexity index is 636. The molecular formula is C18H17ClO. The normalized spacial score (nSPS) is 24.6. The summed E-state index contributed by atoms with van der Waals surface area (Å²) in [4.78, 5) is -0.539. The van der Waals surface area contributed by atoms with Crippen molar-refractivity contribution in [1.29, 1.82) is 0 Å². The quantitative estimate of drug-likeness (QED) is 0.565. The lowest BCUT2D eigenvalue weighted by molar-refractivity contribution is 0.364. The monoisotopic (exact) mass is 284 g/mol. The maximum absolute atomic E-state index is 7.14. The first-order valence-electron chi connectivity index (χ1n) is 7.06. The third kappa shape index (κ3) is 1.43. The van der Waals surface area contributed by atoms with Gasteiger partial charge in [-0.15, -0.1) is 11.6 Å². The summed E-state index contributed by atoms with van der Waals surface area (Å²) in [6, 6.07) is 17.0. The predicted octanol–water partition coefficient (Wildman–Crippen LogP) is 4.21. The van der Waals surface area contributed by atoms with E-state index in [0.29, 0.717) is 0 Å². The number of hydrogen-bond acceptors (Lipinski definition) is 1.